The molecule has 2 fully saturated rings. The molecule has 0 spiro atoms. The largest absolute Gasteiger partial charge is 0.351 e. The molecule has 3 heterocycles. The van der Waals surface area contributed by atoms with Crippen molar-refractivity contribution in [1.82, 2.24) is 29.9 Å². The van der Waals surface area contributed by atoms with Crippen molar-refractivity contribution in [2.45, 2.75) is 57.0 Å². The molecule has 5 rings (SSSR count). The monoisotopic (exact) mass is 366 g/mol. The van der Waals surface area contributed by atoms with Crippen LogP contribution in [0.4, 0.5) is 5.95 Å². The van der Waals surface area contributed by atoms with Crippen LogP contribution in [0.2, 0.25) is 0 Å². The predicted octanol–water partition coefficient (Wildman–Crippen LogP) is 2.39. The van der Waals surface area contributed by atoms with Gasteiger partial charge in [0.1, 0.15) is 0 Å². The summed E-state index contributed by atoms with van der Waals surface area (Å²) in [5.74, 6) is 1.44. The molecular formula is C19H26N8. The van der Waals surface area contributed by atoms with Crippen LogP contribution in [0.3, 0.4) is 0 Å². The molecule has 27 heavy (non-hydrogen) atoms. The molecule has 0 unspecified atom stereocenters. The summed E-state index contributed by atoms with van der Waals surface area (Å²) in [5.41, 5.74) is 10.0. The summed E-state index contributed by atoms with van der Waals surface area (Å²) in [6.45, 7) is 0. The number of nitrogens with one attached hydrogen (secondary N) is 2. The van der Waals surface area contributed by atoms with Crippen LogP contribution in [0.1, 0.15) is 44.2 Å². The standard InChI is InChI=1S/C19H26N8/c1-27-16(8-11-2-3-11)14(10-22-27)17-15-9-21-26-18(15)25-19(24-17)23-13-6-4-12(20)5-7-13/h9-13H,2-8,20H2,1H3,(H2,21,23,24,25,26). The van der Waals surface area contributed by atoms with E-state index >= 15 is 0 Å². The van der Waals surface area contributed by atoms with Gasteiger partial charge in [0, 0.05) is 30.4 Å². The van der Waals surface area contributed by atoms with Gasteiger partial charge in [-0.3, -0.25) is 9.78 Å². The van der Waals surface area contributed by atoms with E-state index in [9.17, 15) is 0 Å². The average Bonchev–Trinajstić information content (AvgIpc) is 3.23. The number of aromatic amines is 1. The Labute approximate surface area is 158 Å². The molecule has 8 nitrogen and oxygen atoms in total. The Balaban J connectivity index is 1.51. The summed E-state index contributed by atoms with van der Waals surface area (Å²) in [6.07, 6.45) is 11.6. The van der Waals surface area contributed by atoms with E-state index in [0.717, 1.165) is 60.3 Å². The Morgan fingerprint density at radius 1 is 1.15 bits per heavy atom. The van der Waals surface area contributed by atoms with Crippen LogP contribution in [0.15, 0.2) is 12.4 Å². The minimum absolute atomic E-state index is 0.329. The van der Waals surface area contributed by atoms with Gasteiger partial charge in [0.25, 0.3) is 0 Å². The summed E-state index contributed by atoms with van der Waals surface area (Å²) >= 11 is 0. The predicted molar refractivity (Wildman–Crippen MR) is 104 cm³/mol. The number of nitrogens with two attached hydrogens (primary N) is 1. The van der Waals surface area contributed by atoms with Gasteiger partial charge in [-0.05, 0) is 50.9 Å². The molecule has 2 aliphatic carbocycles. The van der Waals surface area contributed by atoms with Gasteiger partial charge in [0.05, 0.1) is 23.5 Å². The van der Waals surface area contributed by atoms with E-state index in [1.54, 1.807) is 0 Å². The normalized spacial score (nSPS) is 23.0. The van der Waals surface area contributed by atoms with E-state index in [2.05, 4.69) is 25.6 Å². The third-order valence-electron chi connectivity index (χ3n) is 5.91. The van der Waals surface area contributed by atoms with Crippen molar-refractivity contribution in [3.63, 3.8) is 0 Å². The van der Waals surface area contributed by atoms with Crippen LogP contribution >= 0.6 is 0 Å². The van der Waals surface area contributed by atoms with Crippen molar-refractivity contribution in [2.24, 2.45) is 18.7 Å². The topological polar surface area (TPSA) is 110 Å². The number of H-pyrrole nitrogens is 1. The van der Waals surface area contributed by atoms with E-state index in [-0.39, 0.29) is 0 Å². The molecule has 0 bridgehead atoms. The first-order valence-corrected chi connectivity index (χ1v) is 9.92. The molecule has 2 aliphatic rings. The SMILES string of the molecule is Cn1ncc(-c2nc(NC3CCC(N)CC3)nc3[nH]ncc23)c1CC1CC1. The highest BCUT2D eigenvalue weighted by Gasteiger charge is 2.27. The third-order valence-corrected chi connectivity index (χ3v) is 5.91. The second-order valence-corrected chi connectivity index (χ2v) is 8.06. The number of aryl methyl sites for hydroxylation is 1. The lowest BCUT2D eigenvalue weighted by atomic mass is 9.92. The molecule has 0 radical (unpaired) electrons. The zero-order valence-corrected chi connectivity index (χ0v) is 15.6. The lowest BCUT2D eigenvalue weighted by Gasteiger charge is -2.26. The molecule has 2 saturated carbocycles. The van der Waals surface area contributed by atoms with Gasteiger partial charge in [-0.2, -0.15) is 15.2 Å². The highest BCUT2D eigenvalue weighted by molar-refractivity contribution is 5.91. The van der Waals surface area contributed by atoms with Crippen LogP contribution in [0.5, 0.6) is 0 Å². The summed E-state index contributed by atoms with van der Waals surface area (Å²) in [5, 5.41) is 16.2. The molecule has 0 atom stereocenters. The molecule has 0 amide bonds. The fourth-order valence-electron chi connectivity index (χ4n) is 4.05. The van der Waals surface area contributed by atoms with Crippen LogP contribution in [0.25, 0.3) is 22.3 Å². The summed E-state index contributed by atoms with van der Waals surface area (Å²) in [4.78, 5) is 9.54. The molecule has 0 aliphatic heterocycles. The molecule has 0 aromatic carbocycles. The maximum Gasteiger partial charge on any atom is 0.225 e. The van der Waals surface area contributed by atoms with Crippen molar-refractivity contribution < 1.29 is 0 Å². The fraction of sp³-hybridized carbons (Fsp3) is 0.579. The summed E-state index contributed by atoms with van der Waals surface area (Å²) < 4.78 is 1.98. The van der Waals surface area contributed by atoms with Crippen molar-refractivity contribution in [1.29, 1.82) is 0 Å². The van der Waals surface area contributed by atoms with Crippen molar-refractivity contribution in [3.05, 3.63) is 18.1 Å². The number of hydrogen-bond acceptors (Lipinski definition) is 6. The lowest BCUT2D eigenvalue weighted by Crippen LogP contribution is -2.33. The number of anilines is 1. The fourth-order valence-corrected chi connectivity index (χ4v) is 4.05. The van der Waals surface area contributed by atoms with Gasteiger partial charge in [-0.15, -0.1) is 0 Å². The Morgan fingerprint density at radius 3 is 2.74 bits per heavy atom. The van der Waals surface area contributed by atoms with Crippen LogP contribution in [-0.4, -0.2) is 42.0 Å². The van der Waals surface area contributed by atoms with Crippen LogP contribution < -0.4 is 11.1 Å². The first kappa shape index (κ1) is 16.7. The van der Waals surface area contributed by atoms with Crippen molar-refractivity contribution in [3.8, 4) is 11.3 Å². The summed E-state index contributed by atoms with van der Waals surface area (Å²) in [6, 6.07) is 0.702. The van der Waals surface area contributed by atoms with E-state index < -0.39 is 0 Å². The van der Waals surface area contributed by atoms with Gasteiger partial charge in [-0.1, -0.05) is 0 Å². The second-order valence-electron chi connectivity index (χ2n) is 8.06. The molecule has 142 valence electrons. The highest BCUT2D eigenvalue weighted by atomic mass is 15.3. The van der Waals surface area contributed by atoms with Gasteiger partial charge in [0.2, 0.25) is 5.95 Å². The summed E-state index contributed by atoms with van der Waals surface area (Å²) in [7, 11) is 2.01. The number of nitrogens with zero attached hydrogens (tertiary/aromatic N) is 5. The molecule has 3 aromatic heterocycles. The van der Waals surface area contributed by atoms with Gasteiger partial charge in [-0.25, -0.2) is 4.98 Å². The lowest BCUT2D eigenvalue weighted by molar-refractivity contribution is 0.410. The maximum absolute atomic E-state index is 6.03. The number of hydrogen-bond donors (Lipinski definition) is 3. The Bertz CT molecular complexity index is 946. The van der Waals surface area contributed by atoms with Crippen LogP contribution in [-0.2, 0) is 13.5 Å². The molecule has 4 N–H and O–H groups in total. The Morgan fingerprint density at radius 2 is 1.96 bits per heavy atom. The smallest absolute Gasteiger partial charge is 0.225 e. The highest BCUT2D eigenvalue weighted by Crippen LogP contribution is 2.36. The number of aromatic nitrogens is 6. The number of fused-ring (bicyclic) bond motifs is 1. The minimum Gasteiger partial charge on any atom is -0.351 e. The average molecular weight is 366 g/mol. The molecule has 8 heteroatoms. The Hall–Kier alpha value is -2.48. The van der Waals surface area contributed by atoms with Crippen molar-refractivity contribution in [2.75, 3.05) is 5.32 Å². The zero-order chi connectivity index (χ0) is 18.4. The first-order chi connectivity index (χ1) is 13.2. The third kappa shape index (κ3) is 3.29. The molecule has 3 aromatic rings. The van der Waals surface area contributed by atoms with E-state index in [1.807, 2.05) is 24.1 Å². The maximum atomic E-state index is 6.03. The molecule has 0 saturated heterocycles. The van der Waals surface area contributed by atoms with Gasteiger partial charge in [0.15, 0.2) is 5.65 Å². The number of rotatable bonds is 5. The van der Waals surface area contributed by atoms with E-state index in [1.165, 1.54) is 18.5 Å². The first-order valence-electron chi connectivity index (χ1n) is 9.92. The minimum atomic E-state index is 0.329. The molecular weight excluding hydrogens is 340 g/mol. The van der Waals surface area contributed by atoms with Crippen LogP contribution in [0, 0.1) is 5.92 Å². The van der Waals surface area contributed by atoms with E-state index in [0.29, 0.717) is 18.0 Å². The quantitative estimate of drug-likeness (QED) is 0.639. The van der Waals surface area contributed by atoms with Gasteiger partial charge >= 0.3 is 0 Å². The van der Waals surface area contributed by atoms with Gasteiger partial charge < -0.3 is 11.1 Å². The zero-order valence-electron chi connectivity index (χ0n) is 15.6. The van der Waals surface area contributed by atoms with Crippen molar-refractivity contribution >= 4 is 17.0 Å². The second kappa shape index (κ2) is 6.60. The van der Waals surface area contributed by atoms with E-state index in [4.69, 9.17) is 10.7 Å². The Kier molecular flexibility index (Phi) is 4.07.